The molecule has 0 saturated carbocycles. The number of aromatic nitrogens is 2. The Morgan fingerprint density at radius 3 is 2.68 bits per heavy atom. The van der Waals surface area contributed by atoms with Crippen LogP contribution in [0.15, 0.2) is 54.7 Å². The van der Waals surface area contributed by atoms with Gasteiger partial charge in [0.1, 0.15) is 12.3 Å². The van der Waals surface area contributed by atoms with Crippen molar-refractivity contribution in [3.63, 3.8) is 0 Å². The second-order valence-corrected chi connectivity index (χ2v) is 6.51. The van der Waals surface area contributed by atoms with Gasteiger partial charge in [-0.05, 0) is 36.8 Å². The summed E-state index contributed by atoms with van der Waals surface area (Å²) < 4.78 is 12.8. The van der Waals surface area contributed by atoms with Crippen molar-refractivity contribution in [3.8, 4) is 11.5 Å². The van der Waals surface area contributed by atoms with E-state index in [1.165, 1.54) is 0 Å². The first-order valence-electron chi connectivity index (χ1n) is 8.95. The van der Waals surface area contributed by atoms with Gasteiger partial charge < -0.3 is 14.8 Å². The molecule has 0 radical (unpaired) electrons. The number of benzene rings is 2. The molecule has 3 rings (SSSR count). The predicted molar refractivity (Wildman–Crippen MR) is 108 cm³/mol. The molecule has 0 aliphatic rings. The Morgan fingerprint density at radius 1 is 1.18 bits per heavy atom. The van der Waals surface area contributed by atoms with Crippen LogP contribution in [0, 0.1) is 0 Å². The number of rotatable bonds is 8. The second kappa shape index (κ2) is 9.28. The van der Waals surface area contributed by atoms with Crippen molar-refractivity contribution in [1.82, 2.24) is 15.1 Å². The number of carbonyl (C=O) groups is 1. The van der Waals surface area contributed by atoms with Crippen molar-refractivity contribution in [2.45, 2.75) is 26.6 Å². The standard InChI is InChI=1S/C21H22ClN3O3/c1-3-25-13-17(22)18(24-25)12-23-21(26)16-8-6-7-15(11-16)14-28-20-10-5-4-9-19(20)27-2/h4-11,13H,3,12,14H2,1-2H3,(H,23,26). The molecule has 0 saturated heterocycles. The third kappa shape index (κ3) is 4.84. The summed E-state index contributed by atoms with van der Waals surface area (Å²) in [6.45, 7) is 3.30. The molecule has 0 aliphatic heterocycles. The van der Waals surface area contributed by atoms with E-state index in [9.17, 15) is 4.79 Å². The number of nitrogens with zero attached hydrogens (tertiary/aromatic N) is 2. The topological polar surface area (TPSA) is 65.4 Å². The van der Waals surface area contributed by atoms with Crippen molar-refractivity contribution >= 4 is 17.5 Å². The van der Waals surface area contributed by atoms with Crippen LogP contribution in [0.2, 0.25) is 5.02 Å². The Bertz CT molecular complexity index is 956. The highest BCUT2D eigenvalue weighted by Crippen LogP contribution is 2.26. The second-order valence-electron chi connectivity index (χ2n) is 6.10. The molecule has 0 bridgehead atoms. The Morgan fingerprint density at radius 2 is 1.96 bits per heavy atom. The van der Waals surface area contributed by atoms with Gasteiger partial charge in [-0.15, -0.1) is 0 Å². The van der Waals surface area contributed by atoms with E-state index in [0.717, 1.165) is 12.1 Å². The first-order valence-corrected chi connectivity index (χ1v) is 9.33. The molecule has 3 aromatic rings. The molecule has 1 aromatic heterocycles. The molecule has 1 amide bonds. The lowest BCUT2D eigenvalue weighted by molar-refractivity contribution is 0.0950. The van der Waals surface area contributed by atoms with Crippen molar-refractivity contribution in [2.75, 3.05) is 7.11 Å². The number of hydrogen-bond donors (Lipinski definition) is 1. The van der Waals surface area contributed by atoms with E-state index in [0.29, 0.717) is 34.4 Å². The van der Waals surface area contributed by atoms with Crippen molar-refractivity contribution in [2.24, 2.45) is 0 Å². The number of aryl methyl sites for hydroxylation is 1. The summed E-state index contributed by atoms with van der Waals surface area (Å²) in [6, 6.07) is 14.7. The number of carbonyl (C=O) groups excluding carboxylic acids is 1. The molecule has 6 nitrogen and oxygen atoms in total. The van der Waals surface area contributed by atoms with Gasteiger partial charge in [-0.25, -0.2) is 0 Å². The summed E-state index contributed by atoms with van der Waals surface area (Å²) in [4.78, 5) is 12.5. The minimum absolute atomic E-state index is 0.193. The lowest BCUT2D eigenvalue weighted by Gasteiger charge is -2.11. The first-order chi connectivity index (χ1) is 13.6. The fraction of sp³-hybridized carbons (Fsp3) is 0.238. The van der Waals surface area contributed by atoms with Gasteiger partial charge >= 0.3 is 0 Å². The average Bonchev–Trinajstić information content (AvgIpc) is 3.10. The van der Waals surface area contributed by atoms with Gasteiger partial charge in [-0.1, -0.05) is 35.9 Å². The Balaban J connectivity index is 1.62. The molecule has 28 heavy (non-hydrogen) atoms. The van der Waals surface area contributed by atoms with Crippen LogP contribution in [-0.4, -0.2) is 22.8 Å². The maximum absolute atomic E-state index is 12.5. The number of ether oxygens (including phenoxy) is 2. The van der Waals surface area contributed by atoms with Crippen molar-refractivity contribution < 1.29 is 14.3 Å². The monoisotopic (exact) mass is 399 g/mol. The van der Waals surface area contributed by atoms with Gasteiger partial charge in [0.15, 0.2) is 11.5 Å². The highest BCUT2D eigenvalue weighted by molar-refractivity contribution is 6.31. The zero-order valence-electron chi connectivity index (χ0n) is 15.8. The molecule has 0 fully saturated rings. The summed E-state index contributed by atoms with van der Waals surface area (Å²) in [5.41, 5.74) is 2.08. The van der Waals surface area contributed by atoms with Crippen LogP contribution in [0.25, 0.3) is 0 Å². The van der Waals surface area contributed by atoms with E-state index < -0.39 is 0 Å². The van der Waals surface area contributed by atoms with E-state index in [1.807, 2.05) is 43.3 Å². The van der Waals surface area contributed by atoms with Crippen LogP contribution >= 0.6 is 11.6 Å². The number of methoxy groups -OCH3 is 1. The molecule has 0 aliphatic carbocycles. The summed E-state index contributed by atoms with van der Waals surface area (Å²) >= 11 is 6.14. The van der Waals surface area contributed by atoms with Gasteiger partial charge in [0.2, 0.25) is 0 Å². The fourth-order valence-electron chi connectivity index (χ4n) is 2.69. The van der Waals surface area contributed by atoms with Gasteiger partial charge in [0, 0.05) is 18.3 Å². The van der Waals surface area contributed by atoms with Gasteiger partial charge in [-0.3, -0.25) is 9.48 Å². The van der Waals surface area contributed by atoms with Gasteiger partial charge in [-0.2, -0.15) is 5.10 Å². The predicted octanol–water partition coefficient (Wildman–Crippen LogP) is 4.07. The van der Waals surface area contributed by atoms with Gasteiger partial charge in [0.05, 0.1) is 18.7 Å². The van der Waals surface area contributed by atoms with Gasteiger partial charge in [0.25, 0.3) is 5.91 Å². The molecular formula is C21H22ClN3O3. The molecule has 2 aromatic carbocycles. The number of halogens is 1. The highest BCUT2D eigenvalue weighted by atomic mass is 35.5. The molecular weight excluding hydrogens is 378 g/mol. The maximum Gasteiger partial charge on any atom is 0.251 e. The number of amides is 1. The molecule has 1 heterocycles. The normalized spacial score (nSPS) is 10.5. The van der Waals surface area contributed by atoms with Crippen LogP contribution in [0.4, 0.5) is 0 Å². The largest absolute Gasteiger partial charge is 0.493 e. The Hall–Kier alpha value is -2.99. The zero-order valence-corrected chi connectivity index (χ0v) is 16.6. The molecule has 0 unspecified atom stereocenters. The van der Waals surface area contributed by atoms with E-state index in [4.69, 9.17) is 21.1 Å². The van der Waals surface area contributed by atoms with Crippen molar-refractivity contribution in [1.29, 1.82) is 0 Å². The third-order valence-corrected chi connectivity index (χ3v) is 4.50. The molecule has 7 heteroatoms. The minimum Gasteiger partial charge on any atom is -0.493 e. The van der Waals surface area contributed by atoms with Crippen LogP contribution in [0.3, 0.4) is 0 Å². The molecule has 0 spiro atoms. The average molecular weight is 400 g/mol. The molecule has 0 atom stereocenters. The third-order valence-electron chi connectivity index (χ3n) is 4.18. The lowest BCUT2D eigenvalue weighted by Crippen LogP contribution is -2.23. The van der Waals surface area contributed by atoms with Crippen LogP contribution in [0.1, 0.15) is 28.5 Å². The van der Waals surface area contributed by atoms with E-state index in [2.05, 4.69) is 10.4 Å². The number of hydrogen-bond acceptors (Lipinski definition) is 4. The number of para-hydroxylation sites is 2. The van der Waals surface area contributed by atoms with Crippen LogP contribution in [-0.2, 0) is 19.7 Å². The zero-order chi connectivity index (χ0) is 19.9. The Labute approximate surface area is 169 Å². The van der Waals surface area contributed by atoms with Crippen LogP contribution in [0.5, 0.6) is 11.5 Å². The summed E-state index contributed by atoms with van der Waals surface area (Å²) in [5.74, 6) is 1.13. The van der Waals surface area contributed by atoms with Crippen molar-refractivity contribution in [3.05, 3.63) is 76.6 Å². The SMILES string of the molecule is CCn1cc(Cl)c(CNC(=O)c2cccc(COc3ccccc3OC)c2)n1. The van der Waals surface area contributed by atoms with E-state index in [1.54, 1.807) is 30.1 Å². The maximum atomic E-state index is 12.5. The smallest absolute Gasteiger partial charge is 0.251 e. The van der Waals surface area contributed by atoms with E-state index in [-0.39, 0.29) is 12.5 Å². The first kappa shape index (κ1) is 19.8. The van der Waals surface area contributed by atoms with Crippen LogP contribution < -0.4 is 14.8 Å². The molecule has 1 N–H and O–H groups in total. The summed E-state index contributed by atoms with van der Waals surface area (Å²) in [5, 5.41) is 7.72. The lowest BCUT2D eigenvalue weighted by atomic mass is 10.1. The summed E-state index contributed by atoms with van der Waals surface area (Å²) in [7, 11) is 1.60. The highest BCUT2D eigenvalue weighted by Gasteiger charge is 2.11. The quantitative estimate of drug-likeness (QED) is 0.620. The van der Waals surface area contributed by atoms with E-state index >= 15 is 0 Å². The molecule has 146 valence electrons. The Kier molecular flexibility index (Phi) is 6.55. The fourth-order valence-corrected chi connectivity index (χ4v) is 2.90. The number of nitrogens with one attached hydrogen (secondary N) is 1. The summed E-state index contributed by atoms with van der Waals surface area (Å²) in [6.07, 6.45) is 1.75. The minimum atomic E-state index is -0.193.